The van der Waals surface area contributed by atoms with Crippen LogP contribution in [0, 0.1) is 0 Å². The van der Waals surface area contributed by atoms with Crippen molar-refractivity contribution in [2.75, 3.05) is 24.5 Å². The van der Waals surface area contributed by atoms with Gasteiger partial charge < -0.3 is 14.8 Å². The van der Waals surface area contributed by atoms with Gasteiger partial charge >= 0.3 is 0 Å². The number of H-pyrrole nitrogens is 1. The monoisotopic (exact) mass is 391 g/mol. The summed E-state index contributed by atoms with van der Waals surface area (Å²) in [6, 6.07) is 15.5. The Balaban J connectivity index is 1.52. The van der Waals surface area contributed by atoms with E-state index >= 15 is 0 Å². The molecule has 0 saturated heterocycles. The standard InChI is InChI=1S/C23H26N4O2/c1-2-3-13-26(15-21-24-19-10-6-5-9-18(19)23(29)25-21)16-22(28)27-14-12-17-8-4-7-11-20(17)27/h4-11H,2-3,12-16H2,1H3,(H,24,25,29)/p+1. The molecule has 4 rings (SSSR count). The Kier molecular flexibility index (Phi) is 5.71. The number of nitrogens with one attached hydrogen (secondary N) is 2. The van der Waals surface area contributed by atoms with Crippen LogP contribution in [0.2, 0.25) is 0 Å². The SMILES string of the molecule is CCCC[NH+](CC(=O)N1CCc2ccccc21)Cc1nc2ccccc2c(=O)[nH]1. The molecule has 29 heavy (non-hydrogen) atoms. The van der Waals surface area contributed by atoms with Crippen LogP contribution >= 0.6 is 0 Å². The number of anilines is 1. The number of rotatable bonds is 7. The summed E-state index contributed by atoms with van der Waals surface area (Å²) in [4.78, 5) is 36.0. The van der Waals surface area contributed by atoms with Gasteiger partial charge in [-0.25, -0.2) is 4.98 Å². The van der Waals surface area contributed by atoms with Crippen LogP contribution in [-0.2, 0) is 17.8 Å². The Hall–Kier alpha value is -2.99. The molecular weight excluding hydrogens is 364 g/mol. The highest BCUT2D eigenvalue weighted by Crippen LogP contribution is 2.27. The fraction of sp³-hybridized carbons (Fsp3) is 0.348. The lowest BCUT2D eigenvalue weighted by atomic mass is 10.2. The highest BCUT2D eigenvalue weighted by molar-refractivity contribution is 5.96. The number of unbranched alkanes of at least 4 members (excludes halogenated alkanes) is 1. The number of para-hydroxylation sites is 2. The first kappa shape index (κ1) is 19.3. The average molecular weight is 391 g/mol. The lowest BCUT2D eigenvalue weighted by Gasteiger charge is -2.22. The molecule has 2 aromatic carbocycles. The van der Waals surface area contributed by atoms with Gasteiger partial charge in [-0.1, -0.05) is 43.7 Å². The smallest absolute Gasteiger partial charge is 0.282 e. The van der Waals surface area contributed by atoms with Gasteiger partial charge in [-0.05, 0) is 36.6 Å². The molecule has 1 aliphatic rings. The first-order chi connectivity index (χ1) is 14.2. The van der Waals surface area contributed by atoms with Crippen molar-refractivity contribution < 1.29 is 9.69 Å². The molecule has 0 aliphatic carbocycles. The highest BCUT2D eigenvalue weighted by Gasteiger charge is 2.27. The number of aromatic amines is 1. The summed E-state index contributed by atoms with van der Waals surface area (Å²) < 4.78 is 0. The largest absolute Gasteiger partial charge is 0.321 e. The van der Waals surface area contributed by atoms with E-state index in [1.54, 1.807) is 6.07 Å². The molecule has 1 unspecified atom stereocenters. The molecule has 6 nitrogen and oxygen atoms in total. The minimum atomic E-state index is -0.125. The summed E-state index contributed by atoms with van der Waals surface area (Å²) in [5, 5.41) is 0.594. The summed E-state index contributed by atoms with van der Waals surface area (Å²) in [5.41, 5.74) is 2.84. The Morgan fingerprint density at radius 1 is 1.17 bits per heavy atom. The number of hydrogen-bond acceptors (Lipinski definition) is 3. The summed E-state index contributed by atoms with van der Waals surface area (Å²) >= 11 is 0. The predicted molar refractivity (Wildman–Crippen MR) is 114 cm³/mol. The number of quaternary nitrogens is 1. The van der Waals surface area contributed by atoms with Gasteiger partial charge in [0.1, 0.15) is 6.54 Å². The first-order valence-corrected chi connectivity index (χ1v) is 10.4. The molecule has 1 aliphatic heterocycles. The number of fused-ring (bicyclic) bond motifs is 2. The molecule has 0 radical (unpaired) electrons. The van der Waals surface area contributed by atoms with Crippen LogP contribution in [0.25, 0.3) is 10.9 Å². The van der Waals surface area contributed by atoms with Crippen molar-refractivity contribution in [3.8, 4) is 0 Å². The van der Waals surface area contributed by atoms with E-state index in [0.717, 1.165) is 42.9 Å². The van der Waals surface area contributed by atoms with Crippen molar-refractivity contribution in [3.05, 3.63) is 70.3 Å². The van der Waals surface area contributed by atoms with Crippen LogP contribution < -0.4 is 15.4 Å². The van der Waals surface area contributed by atoms with Crippen molar-refractivity contribution >= 4 is 22.5 Å². The molecule has 0 saturated carbocycles. The maximum absolute atomic E-state index is 13.1. The topological polar surface area (TPSA) is 70.5 Å². The van der Waals surface area contributed by atoms with E-state index in [-0.39, 0.29) is 11.5 Å². The zero-order valence-electron chi connectivity index (χ0n) is 16.8. The third-order valence-corrected chi connectivity index (χ3v) is 5.55. The lowest BCUT2D eigenvalue weighted by molar-refractivity contribution is -0.906. The molecule has 6 heteroatoms. The second-order valence-electron chi connectivity index (χ2n) is 7.66. The highest BCUT2D eigenvalue weighted by atomic mass is 16.2. The molecule has 0 spiro atoms. The van der Waals surface area contributed by atoms with E-state index in [2.05, 4.69) is 23.0 Å². The quantitative estimate of drug-likeness (QED) is 0.644. The second kappa shape index (κ2) is 8.57. The zero-order valence-corrected chi connectivity index (χ0v) is 16.8. The molecule has 1 amide bonds. The minimum absolute atomic E-state index is 0.125. The van der Waals surface area contributed by atoms with Crippen LogP contribution in [0.3, 0.4) is 0 Å². The molecule has 3 aromatic rings. The van der Waals surface area contributed by atoms with E-state index in [1.807, 2.05) is 41.3 Å². The minimum Gasteiger partial charge on any atom is -0.321 e. The van der Waals surface area contributed by atoms with Gasteiger partial charge in [0.15, 0.2) is 12.4 Å². The molecular formula is C23H27N4O2+. The van der Waals surface area contributed by atoms with Gasteiger partial charge in [0, 0.05) is 12.2 Å². The first-order valence-electron chi connectivity index (χ1n) is 10.4. The molecule has 2 heterocycles. The van der Waals surface area contributed by atoms with Crippen LogP contribution in [0.5, 0.6) is 0 Å². The zero-order chi connectivity index (χ0) is 20.2. The Morgan fingerprint density at radius 2 is 1.97 bits per heavy atom. The summed E-state index contributed by atoms with van der Waals surface area (Å²) in [7, 11) is 0. The normalized spacial score (nSPS) is 14.2. The van der Waals surface area contributed by atoms with Crippen molar-refractivity contribution in [1.29, 1.82) is 0 Å². The summed E-state index contributed by atoms with van der Waals surface area (Å²) in [6.45, 7) is 4.68. The fourth-order valence-electron chi connectivity index (χ4n) is 4.03. The molecule has 1 atom stereocenters. The Labute approximate surface area is 170 Å². The van der Waals surface area contributed by atoms with E-state index in [9.17, 15) is 9.59 Å². The number of aromatic nitrogens is 2. The van der Waals surface area contributed by atoms with E-state index in [0.29, 0.717) is 29.8 Å². The lowest BCUT2D eigenvalue weighted by Crippen LogP contribution is -3.12. The van der Waals surface area contributed by atoms with Crippen molar-refractivity contribution in [2.45, 2.75) is 32.7 Å². The number of nitrogens with zero attached hydrogens (tertiary/aromatic N) is 2. The number of amides is 1. The number of hydrogen-bond donors (Lipinski definition) is 2. The molecule has 150 valence electrons. The molecule has 1 aromatic heterocycles. The number of benzene rings is 2. The van der Waals surface area contributed by atoms with Crippen LogP contribution in [0.4, 0.5) is 5.69 Å². The van der Waals surface area contributed by atoms with Gasteiger partial charge in [0.2, 0.25) is 0 Å². The van der Waals surface area contributed by atoms with Crippen molar-refractivity contribution in [1.82, 2.24) is 9.97 Å². The Morgan fingerprint density at radius 3 is 2.83 bits per heavy atom. The summed E-state index contributed by atoms with van der Waals surface area (Å²) in [5.74, 6) is 0.763. The number of carbonyl (C=O) groups excluding carboxylic acids is 1. The van der Waals surface area contributed by atoms with Gasteiger partial charge in [0.05, 0.1) is 17.4 Å². The third kappa shape index (κ3) is 4.22. The second-order valence-corrected chi connectivity index (χ2v) is 7.66. The number of carbonyl (C=O) groups is 1. The van der Waals surface area contributed by atoms with Gasteiger partial charge in [0.25, 0.3) is 11.5 Å². The van der Waals surface area contributed by atoms with Crippen LogP contribution in [0.1, 0.15) is 31.2 Å². The van der Waals surface area contributed by atoms with Crippen LogP contribution in [-0.4, -0.2) is 35.5 Å². The van der Waals surface area contributed by atoms with Gasteiger partial charge in [-0.15, -0.1) is 0 Å². The van der Waals surface area contributed by atoms with Crippen LogP contribution in [0.15, 0.2) is 53.3 Å². The van der Waals surface area contributed by atoms with E-state index < -0.39 is 0 Å². The van der Waals surface area contributed by atoms with E-state index in [1.165, 1.54) is 5.56 Å². The van der Waals surface area contributed by atoms with Crippen molar-refractivity contribution in [3.63, 3.8) is 0 Å². The predicted octanol–water partition coefficient (Wildman–Crippen LogP) is 1.70. The van der Waals surface area contributed by atoms with Gasteiger partial charge in [-0.3, -0.25) is 9.59 Å². The molecule has 0 bridgehead atoms. The molecule has 0 fully saturated rings. The molecule has 2 N–H and O–H groups in total. The maximum Gasteiger partial charge on any atom is 0.282 e. The maximum atomic E-state index is 13.1. The van der Waals surface area contributed by atoms with Crippen molar-refractivity contribution in [2.24, 2.45) is 0 Å². The third-order valence-electron chi connectivity index (χ3n) is 5.55. The fourth-order valence-corrected chi connectivity index (χ4v) is 4.03. The van der Waals surface area contributed by atoms with E-state index in [4.69, 9.17) is 0 Å². The summed E-state index contributed by atoms with van der Waals surface area (Å²) in [6.07, 6.45) is 2.99. The Bertz CT molecular complexity index is 1080. The van der Waals surface area contributed by atoms with Gasteiger partial charge in [-0.2, -0.15) is 0 Å². The average Bonchev–Trinajstić information content (AvgIpc) is 3.16.